The molecule has 1 aromatic carbocycles. The van der Waals surface area contributed by atoms with Gasteiger partial charge in [0.05, 0.1) is 27.5 Å². The molecule has 0 saturated carbocycles. The van der Waals surface area contributed by atoms with Crippen LogP contribution in [0.4, 0.5) is 5.82 Å². The molecular formula is C17H25N3O4. The largest absolute Gasteiger partial charge is 0.493 e. The fourth-order valence-corrected chi connectivity index (χ4v) is 2.29. The predicted octanol–water partition coefficient (Wildman–Crippen LogP) is 2.67. The molecule has 0 atom stereocenters. The molecular weight excluding hydrogens is 310 g/mol. The van der Waals surface area contributed by atoms with Crippen molar-refractivity contribution in [3.63, 3.8) is 0 Å². The number of rotatable bonds is 9. The topological polar surface area (TPSA) is 66.8 Å². The van der Waals surface area contributed by atoms with Gasteiger partial charge in [0.1, 0.15) is 18.2 Å². The number of hydrogen-bond acceptors (Lipinski definition) is 6. The third-order valence-corrected chi connectivity index (χ3v) is 3.47. The second-order valence-corrected chi connectivity index (χ2v) is 5.22. The van der Waals surface area contributed by atoms with Gasteiger partial charge in [0.2, 0.25) is 5.75 Å². The lowest BCUT2D eigenvalue weighted by Crippen LogP contribution is -2.12. The third-order valence-electron chi connectivity index (χ3n) is 3.47. The molecule has 0 spiro atoms. The van der Waals surface area contributed by atoms with Crippen LogP contribution < -0.4 is 24.4 Å². The molecule has 0 fully saturated rings. The van der Waals surface area contributed by atoms with E-state index < -0.39 is 0 Å². The lowest BCUT2D eigenvalue weighted by atomic mass is 10.2. The molecule has 0 saturated heterocycles. The van der Waals surface area contributed by atoms with E-state index in [0.717, 1.165) is 23.6 Å². The highest BCUT2D eigenvalue weighted by molar-refractivity contribution is 5.54. The minimum atomic E-state index is 0.570. The van der Waals surface area contributed by atoms with Crippen molar-refractivity contribution in [2.24, 2.45) is 0 Å². The summed E-state index contributed by atoms with van der Waals surface area (Å²) >= 11 is 0. The summed E-state index contributed by atoms with van der Waals surface area (Å²) in [5.74, 6) is 3.38. The van der Waals surface area contributed by atoms with E-state index in [4.69, 9.17) is 19.0 Å². The number of nitrogens with zero attached hydrogens (tertiary/aromatic N) is 2. The number of benzene rings is 1. The van der Waals surface area contributed by atoms with Crippen molar-refractivity contribution in [1.82, 2.24) is 9.71 Å². The fourth-order valence-electron chi connectivity index (χ4n) is 2.29. The standard InChI is InChI=1S/C17H25N3O4/c1-6-7-24-20-11-16(19-12(20)2)18-10-13-8-14(21-3)17(23-5)15(9-13)22-4/h8-9,11,18H,6-7,10H2,1-5H3. The summed E-state index contributed by atoms with van der Waals surface area (Å²) in [5, 5.41) is 3.27. The van der Waals surface area contributed by atoms with Gasteiger partial charge in [0, 0.05) is 6.54 Å². The van der Waals surface area contributed by atoms with Gasteiger partial charge in [-0.2, -0.15) is 4.73 Å². The lowest BCUT2D eigenvalue weighted by molar-refractivity contribution is 0.105. The summed E-state index contributed by atoms with van der Waals surface area (Å²) in [6, 6.07) is 3.82. The molecule has 0 bridgehead atoms. The first-order valence-corrected chi connectivity index (χ1v) is 7.84. The smallest absolute Gasteiger partial charge is 0.203 e. The molecule has 7 heteroatoms. The lowest BCUT2D eigenvalue weighted by Gasteiger charge is -2.14. The number of nitrogens with one attached hydrogen (secondary N) is 1. The van der Waals surface area contributed by atoms with Crippen LogP contribution >= 0.6 is 0 Å². The molecule has 0 aliphatic rings. The average Bonchev–Trinajstić information content (AvgIpc) is 2.96. The Hall–Kier alpha value is -2.57. The van der Waals surface area contributed by atoms with E-state index >= 15 is 0 Å². The van der Waals surface area contributed by atoms with Crippen LogP contribution in [0.1, 0.15) is 24.7 Å². The Labute approximate surface area is 142 Å². The summed E-state index contributed by atoms with van der Waals surface area (Å²) in [7, 11) is 4.79. The maximum atomic E-state index is 5.58. The van der Waals surface area contributed by atoms with Gasteiger partial charge in [-0.15, -0.1) is 0 Å². The molecule has 0 radical (unpaired) electrons. The quantitative estimate of drug-likeness (QED) is 0.760. The Balaban J connectivity index is 2.11. The first-order chi connectivity index (χ1) is 11.6. The van der Waals surface area contributed by atoms with Crippen molar-refractivity contribution >= 4 is 5.82 Å². The maximum Gasteiger partial charge on any atom is 0.203 e. The molecule has 1 aromatic heterocycles. The Morgan fingerprint density at radius 1 is 1.08 bits per heavy atom. The van der Waals surface area contributed by atoms with Gasteiger partial charge < -0.3 is 24.4 Å². The van der Waals surface area contributed by atoms with Crippen LogP contribution in [-0.2, 0) is 6.54 Å². The Kier molecular flexibility index (Phi) is 6.17. The summed E-state index contributed by atoms with van der Waals surface area (Å²) in [6.45, 7) is 5.20. The number of aryl methyl sites for hydroxylation is 1. The number of ether oxygens (including phenoxy) is 3. The molecule has 1 heterocycles. The van der Waals surface area contributed by atoms with Gasteiger partial charge >= 0.3 is 0 Å². The van der Waals surface area contributed by atoms with E-state index in [0.29, 0.717) is 30.4 Å². The number of imidazole rings is 1. The Morgan fingerprint density at radius 3 is 2.29 bits per heavy atom. The van der Waals surface area contributed by atoms with Crippen LogP contribution in [0.5, 0.6) is 17.2 Å². The highest BCUT2D eigenvalue weighted by atomic mass is 16.7. The maximum absolute atomic E-state index is 5.58. The van der Waals surface area contributed by atoms with Crippen molar-refractivity contribution in [3.8, 4) is 17.2 Å². The molecule has 2 aromatic rings. The number of anilines is 1. The molecule has 0 aliphatic heterocycles. The normalized spacial score (nSPS) is 10.4. The van der Waals surface area contributed by atoms with Crippen molar-refractivity contribution in [1.29, 1.82) is 0 Å². The van der Waals surface area contributed by atoms with Crippen molar-refractivity contribution in [2.45, 2.75) is 26.8 Å². The van der Waals surface area contributed by atoms with E-state index in [2.05, 4.69) is 17.2 Å². The molecule has 2 rings (SSSR count). The van der Waals surface area contributed by atoms with E-state index in [1.807, 2.05) is 25.3 Å². The second kappa shape index (κ2) is 8.33. The van der Waals surface area contributed by atoms with Crippen LogP contribution in [0.2, 0.25) is 0 Å². The predicted molar refractivity (Wildman–Crippen MR) is 92.1 cm³/mol. The summed E-state index contributed by atoms with van der Waals surface area (Å²) in [6.07, 6.45) is 2.79. The first-order valence-electron chi connectivity index (χ1n) is 7.84. The van der Waals surface area contributed by atoms with Crippen LogP contribution in [0.15, 0.2) is 18.3 Å². The molecule has 0 amide bonds. The fraction of sp³-hybridized carbons (Fsp3) is 0.471. The second-order valence-electron chi connectivity index (χ2n) is 5.22. The van der Waals surface area contributed by atoms with Gasteiger partial charge in [-0.05, 0) is 31.0 Å². The summed E-state index contributed by atoms with van der Waals surface area (Å²) in [4.78, 5) is 10.0. The highest BCUT2D eigenvalue weighted by Crippen LogP contribution is 2.38. The molecule has 0 unspecified atom stereocenters. The van der Waals surface area contributed by atoms with Gasteiger partial charge in [-0.3, -0.25) is 0 Å². The van der Waals surface area contributed by atoms with E-state index in [1.54, 1.807) is 26.1 Å². The zero-order valence-corrected chi connectivity index (χ0v) is 14.9. The van der Waals surface area contributed by atoms with Crippen molar-refractivity contribution in [2.75, 3.05) is 33.3 Å². The number of hydrogen-bond donors (Lipinski definition) is 1. The van der Waals surface area contributed by atoms with Gasteiger partial charge in [0.25, 0.3) is 0 Å². The van der Waals surface area contributed by atoms with Gasteiger partial charge in [-0.1, -0.05) is 6.92 Å². The first kappa shape index (κ1) is 17.8. The SMILES string of the molecule is CCCOn1cc(NCc2cc(OC)c(OC)c(OC)c2)nc1C. The van der Waals surface area contributed by atoms with Crippen LogP contribution in [-0.4, -0.2) is 37.7 Å². The van der Waals surface area contributed by atoms with E-state index in [-0.39, 0.29) is 0 Å². The number of aromatic nitrogens is 2. The molecule has 132 valence electrons. The van der Waals surface area contributed by atoms with Gasteiger partial charge in [0.15, 0.2) is 11.5 Å². The molecule has 24 heavy (non-hydrogen) atoms. The van der Waals surface area contributed by atoms with Gasteiger partial charge in [-0.25, -0.2) is 4.98 Å². The summed E-state index contributed by atoms with van der Waals surface area (Å²) in [5.41, 5.74) is 0.992. The highest BCUT2D eigenvalue weighted by Gasteiger charge is 2.13. The molecule has 1 N–H and O–H groups in total. The molecule has 0 aliphatic carbocycles. The van der Waals surface area contributed by atoms with E-state index in [1.165, 1.54) is 0 Å². The Morgan fingerprint density at radius 2 is 1.75 bits per heavy atom. The Bertz CT molecular complexity index is 645. The average molecular weight is 335 g/mol. The minimum absolute atomic E-state index is 0.570. The van der Waals surface area contributed by atoms with Crippen LogP contribution in [0.3, 0.4) is 0 Å². The van der Waals surface area contributed by atoms with E-state index in [9.17, 15) is 0 Å². The third kappa shape index (κ3) is 4.04. The van der Waals surface area contributed by atoms with Crippen LogP contribution in [0, 0.1) is 6.92 Å². The monoisotopic (exact) mass is 335 g/mol. The van der Waals surface area contributed by atoms with Crippen LogP contribution in [0.25, 0.3) is 0 Å². The summed E-state index contributed by atoms with van der Waals surface area (Å²) < 4.78 is 17.7. The number of methoxy groups -OCH3 is 3. The van der Waals surface area contributed by atoms with Crippen molar-refractivity contribution in [3.05, 3.63) is 29.7 Å². The zero-order chi connectivity index (χ0) is 17.5. The minimum Gasteiger partial charge on any atom is -0.493 e. The molecule has 7 nitrogen and oxygen atoms in total. The van der Waals surface area contributed by atoms with Crippen molar-refractivity contribution < 1.29 is 19.0 Å². The zero-order valence-electron chi connectivity index (χ0n) is 14.9.